The fourth-order valence-electron chi connectivity index (χ4n) is 2.68. The van der Waals surface area contributed by atoms with Crippen molar-refractivity contribution >= 4 is 0 Å². The fourth-order valence-corrected chi connectivity index (χ4v) is 2.68. The molecule has 1 aliphatic rings. The number of benzene rings is 1. The normalized spacial score (nSPS) is 19.1. The molecule has 0 radical (unpaired) electrons. The Morgan fingerprint density at radius 1 is 1.32 bits per heavy atom. The van der Waals surface area contributed by atoms with Gasteiger partial charge in [-0.1, -0.05) is 13.0 Å². The van der Waals surface area contributed by atoms with Gasteiger partial charge >= 0.3 is 0 Å². The number of aliphatic hydroxyl groups excluding tert-OH is 1. The third kappa shape index (κ3) is 4.98. The minimum atomic E-state index is -0.580. The molecule has 2 rings (SSSR count). The highest BCUT2D eigenvalue weighted by Gasteiger charge is 2.18. The summed E-state index contributed by atoms with van der Waals surface area (Å²) in [6.07, 6.45) is 0.128. The Hall–Kier alpha value is -1.08. The SMILES string of the molecule is CCC(NCC(O)CN1CCOCC1)c1ccc(F)cc1F. The molecule has 1 saturated heterocycles. The van der Waals surface area contributed by atoms with Crippen LogP contribution in [0, 0.1) is 11.6 Å². The molecular formula is C16H24F2N2O2. The molecule has 1 aromatic carbocycles. The highest BCUT2D eigenvalue weighted by atomic mass is 19.1. The molecule has 2 atom stereocenters. The van der Waals surface area contributed by atoms with E-state index in [1.54, 1.807) is 0 Å². The van der Waals surface area contributed by atoms with Crippen molar-refractivity contribution in [2.24, 2.45) is 0 Å². The summed E-state index contributed by atoms with van der Waals surface area (Å²) in [5.41, 5.74) is 0.433. The van der Waals surface area contributed by atoms with Crippen molar-refractivity contribution in [3.05, 3.63) is 35.4 Å². The number of aliphatic hydroxyl groups is 1. The highest BCUT2D eigenvalue weighted by molar-refractivity contribution is 5.22. The number of hydrogen-bond acceptors (Lipinski definition) is 4. The monoisotopic (exact) mass is 314 g/mol. The van der Waals surface area contributed by atoms with Crippen LogP contribution in [0.5, 0.6) is 0 Å². The molecule has 1 aromatic rings. The number of morpholine rings is 1. The van der Waals surface area contributed by atoms with Gasteiger partial charge in [0.1, 0.15) is 11.6 Å². The first-order valence-electron chi connectivity index (χ1n) is 7.76. The number of nitrogens with one attached hydrogen (secondary N) is 1. The van der Waals surface area contributed by atoms with E-state index in [1.807, 2.05) is 6.92 Å². The number of rotatable bonds is 7. The number of ether oxygens (including phenoxy) is 1. The minimum absolute atomic E-state index is 0.236. The number of hydrogen-bond donors (Lipinski definition) is 2. The van der Waals surface area contributed by atoms with Gasteiger partial charge in [0.05, 0.1) is 19.3 Å². The maximum Gasteiger partial charge on any atom is 0.130 e. The highest BCUT2D eigenvalue weighted by Crippen LogP contribution is 2.20. The number of β-amino-alcohol motifs (C(OH)–C–C–N with tert-alkyl or cyclic N) is 1. The lowest BCUT2D eigenvalue weighted by atomic mass is 10.0. The van der Waals surface area contributed by atoms with E-state index >= 15 is 0 Å². The molecule has 0 bridgehead atoms. The molecule has 1 heterocycles. The lowest BCUT2D eigenvalue weighted by Crippen LogP contribution is -2.44. The van der Waals surface area contributed by atoms with E-state index in [2.05, 4.69) is 10.2 Å². The van der Waals surface area contributed by atoms with Gasteiger partial charge in [0.25, 0.3) is 0 Å². The van der Waals surface area contributed by atoms with E-state index in [9.17, 15) is 13.9 Å². The van der Waals surface area contributed by atoms with E-state index in [-0.39, 0.29) is 6.04 Å². The van der Waals surface area contributed by atoms with Crippen LogP contribution in [0.1, 0.15) is 24.9 Å². The Morgan fingerprint density at radius 3 is 2.68 bits per heavy atom. The predicted molar refractivity (Wildman–Crippen MR) is 80.7 cm³/mol. The van der Waals surface area contributed by atoms with Gasteiger partial charge in [-0.15, -0.1) is 0 Å². The number of halogens is 2. The molecule has 1 fully saturated rings. The minimum Gasteiger partial charge on any atom is -0.390 e. The van der Waals surface area contributed by atoms with E-state index in [1.165, 1.54) is 12.1 Å². The Labute approximate surface area is 130 Å². The largest absolute Gasteiger partial charge is 0.390 e. The lowest BCUT2D eigenvalue weighted by Gasteiger charge is -2.29. The average molecular weight is 314 g/mol. The van der Waals surface area contributed by atoms with Crippen LogP contribution >= 0.6 is 0 Å². The first-order chi connectivity index (χ1) is 10.6. The smallest absolute Gasteiger partial charge is 0.130 e. The van der Waals surface area contributed by atoms with E-state index < -0.39 is 17.7 Å². The van der Waals surface area contributed by atoms with Crippen molar-refractivity contribution in [3.8, 4) is 0 Å². The van der Waals surface area contributed by atoms with Crippen LogP contribution in [0.2, 0.25) is 0 Å². The molecular weight excluding hydrogens is 290 g/mol. The molecule has 0 amide bonds. The van der Waals surface area contributed by atoms with Gasteiger partial charge < -0.3 is 15.2 Å². The molecule has 124 valence electrons. The molecule has 4 nitrogen and oxygen atoms in total. The van der Waals surface area contributed by atoms with E-state index in [0.717, 1.165) is 19.2 Å². The molecule has 6 heteroatoms. The predicted octanol–water partition coefficient (Wildman–Crippen LogP) is 1.70. The van der Waals surface area contributed by atoms with Gasteiger partial charge in [0, 0.05) is 43.9 Å². The van der Waals surface area contributed by atoms with E-state index in [4.69, 9.17) is 4.74 Å². The quantitative estimate of drug-likeness (QED) is 0.804. The summed E-state index contributed by atoms with van der Waals surface area (Å²) in [4.78, 5) is 2.15. The van der Waals surface area contributed by atoms with Gasteiger partial charge in [0.2, 0.25) is 0 Å². The first-order valence-corrected chi connectivity index (χ1v) is 7.76. The summed E-state index contributed by atoms with van der Waals surface area (Å²) in [7, 11) is 0. The summed E-state index contributed by atoms with van der Waals surface area (Å²) in [5, 5.41) is 13.3. The summed E-state index contributed by atoms with van der Waals surface area (Å²) >= 11 is 0. The van der Waals surface area contributed by atoms with Gasteiger partial charge in [0.15, 0.2) is 0 Å². The van der Waals surface area contributed by atoms with Crippen molar-refractivity contribution in [1.82, 2.24) is 10.2 Å². The second-order valence-electron chi connectivity index (χ2n) is 5.60. The van der Waals surface area contributed by atoms with Crippen molar-refractivity contribution in [2.75, 3.05) is 39.4 Å². The molecule has 1 aliphatic heterocycles. The zero-order valence-corrected chi connectivity index (χ0v) is 12.9. The van der Waals surface area contributed by atoms with Gasteiger partial charge in [-0.25, -0.2) is 8.78 Å². The molecule has 2 N–H and O–H groups in total. The van der Waals surface area contributed by atoms with Crippen molar-refractivity contribution in [2.45, 2.75) is 25.5 Å². The molecule has 22 heavy (non-hydrogen) atoms. The summed E-state index contributed by atoms with van der Waals surface area (Å²) < 4.78 is 32.1. The van der Waals surface area contributed by atoms with Crippen LogP contribution in [-0.4, -0.2) is 55.5 Å². The van der Waals surface area contributed by atoms with Gasteiger partial charge in [-0.3, -0.25) is 4.90 Å². The van der Waals surface area contributed by atoms with Crippen LogP contribution < -0.4 is 5.32 Å². The number of nitrogens with zero attached hydrogens (tertiary/aromatic N) is 1. The zero-order chi connectivity index (χ0) is 15.9. The lowest BCUT2D eigenvalue weighted by molar-refractivity contribution is 0.0144. The standard InChI is InChI=1S/C16H24F2N2O2/c1-2-16(14-4-3-12(17)9-15(14)18)19-10-13(21)11-20-5-7-22-8-6-20/h3-4,9,13,16,19,21H,2,5-8,10-11H2,1H3. The van der Waals surface area contributed by atoms with Gasteiger partial charge in [-0.2, -0.15) is 0 Å². The molecule has 0 saturated carbocycles. The van der Waals surface area contributed by atoms with Crippen LogP contribution in [0.4, 0.5) is 8.78 Å². The van der Waals surface area contributed by atoms with Crippen LogP contribution in [0.15, 0.2) is 18.2 Å². The first kappa shape index (κ1) is 17.3. The Morgan fingerprint density at radius 2 is 2.05 bits per heavy atom. The average Bonchev–Trinajstić information content (AvgIpc) is 2.50. The fraction of sp³-hybridized carbons (Fsp3) is 0.625. The Balaban J connectivity index is 1.84. The molecule has 0 aliphatic carbocycles. The third-order valence-corrected chi connectivity index (χ3v) is 3.92. The Bertz CT molecular complexity index is 467. The van der Waals surface area contributed by atoms with Crippen LogP contribution in [-0.2, 0) is 4.74 Å². The van der Waals surface area contributed by atoms with Gasteiger partial charge in [-0.05, 0) is 12.5 Å². The third-order valence-electron chi connectivity index (χ3n) is 3.92. The summed E-state index contributed by atoms with van der Waals surface area (Å²) in [5.74, 6) is -1.13. The summed E-state index contributed by atoms with van der Waals surface area (Å²) in [6.45, 7) is 5.89. The van der Waals surface area contributed by atoms with Crippen molar-refractivity contribution < 1.29 is 18.6 Å². The van der Waals surface area contributed by atoms with E-state index in [0.29, 0.717) is 38.3 Å². The maximum absolute atomic E-state index is 13.8. The molecule has 0 spiro atoms. The van der Waals surface area contributed by atoms with Crippen LogP contribution in [0.3, 0.4) is 0 Å². The van der Waals surface area contributed by atoms with Crippen molar-refractivity contribution in [3.63, 3.8) is 0 Å². The summed E-state index contributed by atoms with van der Waals surface area (Å²) in [6, 6.07) is 3.37. The van der Waals surface area contributed by atoms with Crippen LogP contribution in [0.25, 0.3) is 0 Å². The zero-order valence-electron chi connectivity index (χ0n) is 12.9. The second-order valence-corrected chi connectivity index (χ2v) is 5.60. The topological polar surface area (TPSA) is 44.7 Å². The Kier molecular flexibility index (Phi) is 6.70. The maximum atomic E-state index is 13.8. The molecule has 2 unspecified atom stereocenters. The second kappa shape index (κ2) is 8.53. The van der Waals surface area contributed by atoms with Crippen molar-refractivity contribution in [1.29, 1.82) is 0 Å². The molecule has 0 aromatic heterocycles.